The van der Waals surface area contributed by atoms with Crippen LogP contribution in [0.5, 0.6) is 5.75 Å². The molecule has 0 aromatic heterocycles. The van der Waals surface area contributed by atoms with Gasteiger partial charge in [0.1, 0.15) is 5.75 Å². The van der Waals surface area contributed by atoms with E-state index in [0.717, 1.165) is 37.6 Å². The lowest BCUT2D eigenvalue weighted by Crippen LogP contribution is -2.46. The predicted molar refractivity (Wildman–Crippen MR) is 111 cm³/mol. The van der Waals surface area contributed by atoms with Crippen molar-refractivity contribution in [3.05, 3.63) is 48.5 Å². The summed E-state index contributed by atoms with van der Waals surface area (Å²) in [6.07, 6.45) is 0. The first-order valence-corrected chi connectivity index (χ1v) is 8.73. The fourth-order valence-electron chi connectivity index (χ4n) is 3.04. The van der Waals surface area contributed by atoms with E-state index in [4.69, 9.17) is 21.9 Å². The number of guanidine groups is 2. The molecule has 1 saturated heterocycles. The van der Waals surface area contributed by atoms with Gasteiger partial charge in [-0.2, -0.15) is 4.99 Å². The summed E-state index contributed by atoms with van der Waals surface area (Å²) in [5.74, 6) is 0.805. The number of hydrogen-bond donors (Lipinski definition) is 3. The summed E-state index contributed by atoms with van der Waals surface area (Å²) >= 11 is 0. The molecule has 0 radical (unpaired) electrons. The molecule has 1 heterocycles. The van der Waals surface area contributed by atoms with E-state index in [1.165, 1.54) is 5.69 Å². The molecule has 0 amide bonds. The zero-order valence-electron chi connectivity index (χ0n) is 15.4. The molecule has 0 atom stereocenters. The topological polar surface area (TPSA) is 118 Å². The van der Waals surface area contributed by atoms with Crippen LogP contribution >= 0.6 is 0 Å². The van der Waals surface area contributed by atoms with Crippen molar-refractivity contribution in [2.45, 2.75) is 0 Å². The summed E-state index contributed by atoms with van der Waals surface area (Å²) in [5.41, 5.74) is 19.3. The van der Waals surface area contributed by atoms with E-state index in [0.29, 0.717) is 5.69 Å². The molecule has 0 saturated carbocycles. The van der Waals surface area contributed by atoms with Crippen molar-refractivity contribution in [1.29, 1.82) is 0 Å². The Morgan fingerprint density at radius 3 is 1.74 bits per heavy atom. The quantitative estimate of drug-likeness (QED) is 0.553. The van der Waals surface area contributed by atoms with E-state index in [1.54, 1.807) is 7.11 Å². The van der Waals surface area contributed by atoms with Crippen molar-refractivity contribution < 1.29 is 4.74 Å². The van der Waals surface area contributed by atoms with Gasteiger partial charge < -0.3 is 31.7 Å². The van der Waals surface area contributed by atoms with Gasteiger partial charge in [0.05, 0.1) is 12.8 Å². The molecule has 2 aromatic rings. The first-order valence-electron chi connectivity index (χ1n) is 8.73. The smallest absolute Gasteiger partial charge is 0.223 e. The number of methoxy groups -OCH3 is 1. The second-order valence-electron chi connectivity index (χ2n) is 6.20. The highest BCUT2D eigenvalue weighted by atomic mass is 16.5. The second kappa shape index (κ2) is 8.31. The Balaban J connectivity index is 1.60. The Morgan fingerprint density at radius 2 is 1.30 bits per heavy atom. The largest absolute Gasteiger partial charge is 0.497 e. The van der Waals surface area contributed by atoms with Crippen LogP contribution in [0.2, 0.25) is 0 Å². The van der Waals surface area contributed by atoms with Gasteiger partial charge in [-0.3, -0.25) is 0 Å². The number of anilines is 2. The molecular formula is C19H25N7O. The van der Waals surface area contributed by atoms with Crippen molar-refractivity contribution in [2.24, 2.45) is 27.2 Å². The van der Waals surface area contributed by atoms with Crippen molar-refractivity contribution in [1.82, 2.24) is 0 Å². The fourth-order valence-corrected chi connectivity index (χ4v) is 3.04. The minimum absolute atomic E-state index is 0.0378. The highest BCUT2D eigenvalue weighted by Crippen LogP contribution is 2.24. The van der Waals surface area contributed by atoms with Gasteiger partial charge in [-0.25, -0.2) is 4.99 Å². The van der Waals surface area contributed by atoms with Gasteiger partial charge >= 0.3 is 0 Å². The standard InChI is InChI=1S/C19H25N7O/c1-27-17-8-6-16(7-9-17)26-12-10-25(11-13-26)15-4-2-14(3-5-15)23-19(22)24-18(20)21/h2-9H,10-13H2,1H3,(H6,20,21,22,23,24). The lowest BCUT2D eigenvalue weighted by molar-refractivity contribution is 0.415. The van der Waals surface area contributed by atoms with Crippen LogP contribution in [-0.2, 0) is 0 Å². The molecule has 3 rings (SSSR count). The zero-order valence-corrected chi connectivity index (χ0v) is 15.4. The van der Waals surface area contributed by atoms with Crippen LogP contribution in [0.25, 0.3) is 0 Å². The number of hydrogen-bond acceptors (Lipinski definition) is 4. The Kier molecular flexibility index (Phi) is 5.65. The second-order valence-corrected chi connectivity index (χ2v) is 6.20. The molecule has 142 valence electrons. The van der Waals surface area contributed by atoms with Crippen molar-refractivity contribution in [3.8, 4) is 5.75 Å². The van der Waals surface area contributed by atoms with Gasteiger partial charge in [0.25, 0.3) is 0 Å². The van der Waals surface area contributed by atoms with Gasteiger partial charge in [-0.1, -0.05) is 0 Å². The monoisotopic (exact) mass is 367 g/mol. The Labute approximate surface area is 158 Å². The third-order valence-corrected chi connectivity index (χ3v) is 4.42. The van der Waals surface area contributed by atoms with Crippen LogP contribution in [0.3, 0.4) is 0 Å². The average Bonchev–Trinajstić information content (AvgIpc) is 2.68. The Hall–Kier alpha value is -3.42. The molecule has 1 aliphatic rings. The van der Waals surface area contributed by atoms with Crippen LogP contribution in [0, 0.1) is 0 Å². The number of nitrogens with zero attached hydrogens (tertiary/aromatic N) is 4. The number of ether oxygens (including phenoxy) is 1. The third-order valence-electron chi connectivity index (χ3n) is 4.42. The minimum Gasteiger partial charge on any atom is -0.497 e. The lowest BCUT2D eigenvalue weighted by Gasteiger charge is -2.37. The number of aliphatic imine (C=N–C) groups is 2. The molecule has 8 nitrogen and oxygen atoms in total. The molecule has 1 aliphatic heterocycles. The maximum atomic E-state index is 5.65. The molecule has 0 spiro atoms. The number of piperazine rings is 1. The fraction of sp³-hybridized carbons (Fsp3) is 0.263. The van der Waals surface area contributed by atoms with E-state index in [1.807, 2.05) is 36.4 Å². The van der Waals surface area contributed by atoms with Gasteiger partial charge in [0.2, 0.25) is 5.96 Å². The van der Waals surface area contributed by atoms with Crippen LogP contribution in [0.1, 0.15) is 0 Å². The normalized spacial score (nSPS) is 14.8. The highest BCUT2D eigenvalue weighted by Gasteiger charge is 2.17. The molecule has 6 N–H and O–H groups in total. The minimum atomic E-state index is -0.109. The van der Waals surface area contributed by atoms with Crippen molar-refractivity contribution >= 4 is 29.0 Å². The Bertz CT molecular complexity index is 803. The van der Waals surface area contributed by atoms with E-state index >= 15 is 0 Å². The van der Waals surface area contributed by atoms with E-state index < -0.39 is 0 Å². The van der Waals surface area contributed by atoms with E-state index in [-0.39, 0.29) is 11.9 Å². The Morgan fingerprint density at radius 1 is 0.815 bits per heavy atom. The van der Waals surface area contributed by atoms with Crippen molar-refractivity contribution in [3.63, 3.8) is 0 Å². The molecule has 1 fully saturated rings. The molecular weight excluding hydrogens is 342 g/mol. The number of rotatable bonds is 4. The summed E-state index contributed by atoms with van der Waals surface area (Å²) in [7, 11) is 1.68. The maximum Gasteiger partial charge on any atom is 0.223 e. The first-order chi connectivity index (χ1) is 13.0. The van der Waals surface area contributed by atoms with Gasteiger partial charge in [0, 0.05) is 37.6 Å². The zero-order chi connectivity index (χ0) is 19.2. The summed E-state index contributed by atoms with van der Waals surface area (Å²) in [6, 6.07) is 16.1. The lowest BCUT2D eigenvalue weighted by atomic mass is 10.2. The molecule has 0 unspecified atom stereocenters. The van der Waals surface area contributed by atoms with Crippen LogP contribution in [0.4, 0.5) is 17.1 Å². The number of benzene rings is 2. The van der Waals surface area contributed by atoms with E-state index in [2.05, 4.69) is 31.9 Å². The predicted octanol–water partition coefficient (Wildman–Crippen LogP) is 1.24. The van der Waals surface area contributed by atoms with Crippen LogP contribution in [0.15, 0.2) is 58.5 Å². The molecule has 27 heavy (non-hydrogen) atoms. The van der Waals surface area contributed by atoms with Gasteiger partial charge in [-0.05, 0) is 48.5 Å². The molecule has 8 heteroatoms. The SMILES string of the molecule is COc1ccc(N2CCN(c3ccc(N=C(N)N=C(N)N)cc3)CC2)cc1. The summed E-state index contributed by atoms with van der Waals surface area (Å²) < 4.78 is 5.22. The third kappa shape index (κ3) is 4.81. The first kappa shape index (κ1) is 18.4. The van der Waals surface area contributed by atoms with Gasteiger partial charge in [-0.15, -0.1) is 0 Å². The molecule has 0 aliphatic carbocycles. The summed E-state index contributed by atoms with van der Waals surface area (Å²) in [6.45, 7) is 3.82. The van der Waals surface area contributed by atoms with Gasteiger partial charge in [0.15, 0.2) is 5.96 Å². The van der Waals surface area contributed by atoms with Crippen LogP contribution < -0.4 is 31.7 Å². The van der Waals surface area contributed by atoms with E-state index in [9.17, 15) is 0 Å². The summed E-state index contributed by atoms with van der Waals surface area (Å²) in [5, 5.41) is 0. The van der Waals surface area contributed by atoms with Crippen LogP contribution in [-0.4, -0.2) is 45.2 Å². The summed E-state index contributed by atoms with van der Waals surface area (Å²) in [4.78, 5) is 12.6. The average molecular weight is 367 g/mol. The maximum absolute atomic E-state index is 5.65. The number of nitrogens with two attached hydrogens (primary N) is 3. The molecule has 2 aromatic carbocycles. The highest BCUT2D eigenvalue weighted by molar-refractivity contribution is 5.93. The van der Waals surface area contributed by atoms with Crippen molar-refractivity contribution in [2.75, 3.05) is 43.1 Å². The molecule has 0 bridgehead atoms.